The molecule has 3 heterocycles. The number of nitrogens with zero attached hydrogens (tertiary/aromatic N) is 3. The van der Waals surface area contributed by atoms with E-state index in [4.69, 9.17) is 0 Å². The molecule has 0 radical (unpaired) electrons. The fourth-order valence-electron chi connectivity index (χ4n) is 3.89. The quantitative estimate of drug-likeness (QED) is 0.716. The van der Waals surface area contributed by atoms with Crippen LogP contribution in [0.1, 0.15) is 43.7 Å². The van der Waals surface area contributed by atoms with Crippen LogP contribution in [0.2, 0.25) is 0 Å². The van der Waals surface area contributed by atoms with Crippen molar-refractivity contribution in [2.45, 2.75) is 39.2 Å². The summed E-state index contributed by atoms with van der Waals surface area (Å²) in [5.41, 5.74) is 3.15. The van der Waals surface area contributed by atoms with E-state index in [-0.39, 0.29) is 17.6 Å². The van der Waals surface area contributed by atoms with Gasteiger partial charge in [-0.25, -0.2) is 4.39 Å². The van der Waals surface area contributed by atoms with Gasteiger partial charge in [0.2, 0.25) is 5.91 Å². The molecule has 0 saturated carbocycles. The molecule has 0 atom stereocenters. The zero-order chi connectivity index (χ0) is 19.7. The van der Waals surface area contributed by atoms with Crippen molar-refractivity contribution >= 4 is 22.4 Å². The van der Waals surface area contributed by atoms with Crippen molar-refractivity contribution in [1.82, 2.24) is 19.7 Å². The number of amides is 1. The second kappa shape index (κ2) is 7.62. The highest BCUT2D eigenvalue weighted by Gasteiger charge is 2.23. The van der Waals surface area contributed by atoms with Crippen LogP contribution in [0.4, 0.5) is 4.39 Å². The third kappa shape index (κ3) is 3.46. The van der Waals surface area contributed by atoms with Crippen molar-refractivity contribution in [3.8, 4) is 0 Å². The fourth-order valence-corrected chi connectivity index (χ4v) is 3.89. The van der Waals surface area contributed by atoms with Crippen LogP contribution in [0.5, 0.6) is 0 Å². The van der Waals surface area contributed by atoms with Crippen molar-refractivity contribution in [2.75, 3.05) is 13.1 Å². The summed E-state index contributed by atoms with van der Waals surface area (Å²) >= 11 is 0. The van der Waals surface area contributed by atoms with Gasteiger partial charge in [-0.15, -0.1) is 0 Å². The molecule has 0 aliphatic carbocycles. The molecule has 1 aliphatic heterocycles. The Bertz CT molecular complexity index is 1020. The third-order valence-electron chi connectivity index (χ3n) is 5.40. The number of fused-ring (bicyclic) bond motifs is 1. The molecule has 1 amide bonds. The van der Waals surface area contributed by atoms with Gasteiger partial charge in [-0.3, -0.25) is 9.48 Å². The Balaban J connectivity index is 1.57. The van der Waals surface area contributed by atoms with Gasteiger partial charge in [-0.1, -0.05) is 19.9 Å². The van der Waals surface area contributed by atoms with E-state index in [9.17, 15) is 4.79 Å². The molecule has 0 bridgehead atoms. The van der Waals surface area contributed by atoms with Crippen LogP contribution in [0.15, 0.2) is 42.9 Å². The lowest BCUT2D eigenvalue weighted by Gasteiger charge is -2.28. The Kier molecular flexibility index (Phi) is 5.03. The molecule has 1 N–H and O–H groups in total. The first kappa shape index (κ1) is 18.5. The van der Waals surface area contributed by atoms with Crippen LogP contribution in [0.25, 0.3) is 16.5 Å². The van der Waals surface area contributed by atoms with Crippen LogP contribution in [-0.2, 0) is 11.3 Å². The largest absolute Gasteiger partial charge is 0.359 e. The number of halogens is 1. The van der Waals surface area contributed by atoms with Gasteiger partial charge in [-0.2, -0.15) is 5.10 Å². The molecule has 4 rings (SSSR count). The highest BCUT2D eigenvalue weighted by Crippen LogP contribution is 2.33. The molecular formula is C22H25FN4O. The number of carbonyl (C=O) groups excluding carboxylic acids is 1. The molecule has 1 aromatic carbocycles. The molecular weight excluding hydrogens is 355 g/mol. The average molecular weight is 380 g/mol. The monoisotopic (exact) mass is 380 g/mol. The first-order chi connectivity index (χ1) is 13.5. The lowest BCUT2D eigenvalue weighted by atomic mass is 9.92. The van der Waals surface area contributed by atoms with E-state index in [1.54, 1.807) is 17.1 Å². The molecule has 2 aromatic heterocycles. The lowest BCUT2D eigenvalue weighted by Crippen LogP contribution is -2.36. The first-order valence-corrected chi connectivity index (χ1v) is 9.78. The normalized spacial score (nSPS) is 14.7. The van der Waals surface area contributed by atoms with Crippen LogP contribution in [0.3, 0.4) is 0 Å². The van der Waals surface area contributed by atoms with Gasteiger partial charge in [0.15, 0.2) is 5.82 Å². The summed E-state index contributed by atoms with van der Waals surface area (Å²) in [6.07, 6.45) is 8.53. The zero-order valence-corrected chi connectivity index (χ0v) is 16.3. The molecule has 5 nitrogen and oxygen atoms in total. The lowest BCUT2D eigenvalue weighted by molar-refractivity contribution is -0.131. The average Bonchev–Trinajstić information content (AvgIpc) is 3.38. The Morgan fingerprint density at radius 2 is 2.25 bits per heavy atom. The van der Waals surface area contributed by atoms with Gasteiger partial charge in [0.25, 0.3) is 0 Å². The topological polar surface area (TPSA) is 53.9 Å². The molecule has 0 spiro atoms. The van der Waals surface area contributed by atoms with Crippen LogP contribution in [0, 0.1) is 5.82 Å². The predicted molar refractivity (Wildman–Crippen MR) is 108 cm³/mol. The molecule has 6 heteroatoms. The van der Waals surface area contributed by atoms with Crippen molar-refractivity contribution in [3.05, 3.63) is 59.8 Å². The Hall–Kier alpha value is -2.89. The SMILES string of the molecule is CC(C)c1cc(C2=CCCN(C(=O)CCn3cccn3)C2)c(F)c2[nH]ccc12. The maximum Gasteiger partial charge on any atom is 0.224 e. The summed E-state index contributed by atoms with van der Waals surface area (Å²) in [6, 6.07) is 5.73. The van der Waals surface area contributed by atoms with E-state index in [1.165, 1.54) is 0 Å². The molecule has 28 heavy (non-hydrogen) atoms. The number of hydrogen-bond acceptors (Lipinski definition) is 2. The van der Waals surface area contributed by atoms with E-state index in [1.807, 2.05) is 29.3 Å². The molecule has 0 saturated heterocycles. The van der Waals surface area contributed by atoms with Crippen molar-refractivity contribution < 1.29 is 9.18 Å². The summed E-state index contributed by atoms with van der Waals surface area (Å²) in [5, 5.41) is 5.07. The van der Waals surface area contributed by atoms with E-state index in [0.29, 0.717) is 37.1 Å². The van der Waals surface area contributed by atoms with Gasteiger partial charge >= 0.3 is 0 Å². The van der Waals surface area contributed by atoms with Gasteiger partial charge in [0, 0.05) is 55.6 Å². The number of H-pyrrole nitrogens is 1. The zero-order valence-electron chi connectivity index (χ0n) is 16.3. The highest BCUT2D eigenvalue weighted by atomic mass is 19.1. The number of aromatic amines is 1. The van der Waals surface area contributed by atoms with Crippen LogP contribution in [-0.4, -0.2) is 38.7 Å². The fraction of sp³-hybridized carbons (Fsp3) is 0.364. The van der Waals surface area contributed by atoms with Gasteiger partial charge < -0.3 is 9.88 Å². The Morgan fingerprint density at radius 1 is 1.39 bits per heavy atom. The minimum absolute atomic E-state index is 0.0755. The summed E-state index contributed by atoms with van der Waals surface area (Å²) in [6.45, 7) is 5.90. The van der Waals surface area contributed by atoms with Crippen molar-refractivity contribution in [3.63, 3.8) is 0 Å². The summed E-state index contributed by atoms with van der Waals surface area (Å²) < 4.78 is 17.0. The summed E-state index contributed by atoms with van der Waals surface area (Å²) in [4.78, 5) is 17.5. The Morgan fingerprint density at radius 3 is 3.00 bits per heavy atom. The van der Waals surface area contributed by atoms with E-state index >= 15 is 4.39 Å². The standard InChI is InChI=1S/C22H25FN4O/c1-15(2)18-13-19(21(23)22-17(18)6-9-24-22)16-5-3-10-26(14-16)20(28)7-12-27-11-4-8-25-27/h4-6,8-9,11,13,15,24H,3,7,10,12,14H2,1-2H3. The summed E-state index contributed by atoms with van der Waals surface area (Å²) in [7, 11) is 0. The Labute approximate surface area is 163 Å². The molecule has 146 valence electrons. The van der Waals surface area contributed by atoms with Crippen LogP contribution < -0.4 is 0 Å². The minimum Gasteiger partial charge on any atom is -0.359 e. The predicted octanol–water partition coefficient (Wildman–Crippen LogP) is 4.33. The number of nitrogens with one attached hydrogen (secondary N) is 1. The molecule has 0 unspecified atom stereocenters. The number of benzene rings is 1. The number of carbonyl (C=O) groups is 1. The van der Waals surface area contributed by atoms with E-state index < -0.39 is 0 Å². The maximum absolute atomic E-state index is 15.2. The summed E-state index contributed by atoms with van der Waals surface area (Å²) in [5.74, 6) is 0.127. The number of aryl methyl sites for hydroxylation is 1. The van der Waals surface area contributed by atoms with Crippen molar-refractivity contribution in [2.24, 2.45) is 0 Å². The van der Waals surface area contributed by atoms with Gasteiger partial charge in [0.05, 0.1) is 5.52 Å². The minimum atomic E-state index is -0.235. The second-order valence-electron chi connectivity index (χ2n) is 7.60. The van der Waals surface area contributed by atoms with Gasteiger partial charge in [-0.05, 0) is 41.7 Å². The van der Waals surface area contributed by atoms with Crippen molar-refractivity contribution in [1.29, 1.82) is 0 Å². The van der Waals surface area contributed by atoms with Crippen LogP contribution >= 0.6 is 0 Å². The second-order valence-corrected chi connectivity index (χ2v) is 7.60. The van der Waals surface area contributed by atoms with Gasteiger partial charge in [0.1, 0.15) is 0 Å². The number of aromatic nitrogens is 3. The first-order valence-electron chi connectivity index (χ1n) is 9.78. The van der Waals surface area contributed by atoms with E-state index in [2.05, 4.69) is 30.0 Å². The smallest absolute Gasteiger partial charge is 0.224 e. The molecule has 0 fully saturated rings. The number of rotatable bonds is 5. The molecule has 1 aliphatic rings. The third-order valence-corrected chi connectivity index (χ3v) is 5.40. The molecule has 3 aromatic rings. The van der Waals surface area contributed by atoms with E-state index in [0.717, 1.165) is 22.9 Å². The highest BCUT2D eigenvalue weighted by molar-refractivity contribution is 5.89. The maximum atomic E-state index is 15.2. The number of hydrogen-bond donors (Lipinski definition) is 1.